The molecule has 1 N–H and O–H groups in total. The fourth-order valence-electron chi connectivity index (χ4n) is 2.58. The number of nitrogens with one attached hydrogen (secondary N) is 1. The van der Waals surface area contributed by atoms with E-state index >= 15 is 0 Å². The van der Waals surface area contributed by atoms with E-state index in [1.54, 1.807) is 44.5 Å². The summed E-state index contributed by atoms with van der Waals surface area (Å²) in [5.74, 6) is 0.632. The number of benzene rings is 2. The van der Waals surface area contributed by atoms with Gasteiger partial charge >= 0.3 is 0 Å². The molecule has 136 valence electrons. The first-order valence-electron chi connectivity index (χ1n) is 8.10. The van der Waals surface area contributed by atoms with E-state index < -0.39 is 10.0 Å². The molecule has 26 heavy (non-hydrogen) atoms. The molecule has 3 rings (SSSR count). The van der Waals surface area contributed by atoms with E-state index in [-0.39, 0.29) is 4.90 Å². The van der Waals surface area contributed by atoms with Gasteiger partial charge in [-0.25, -0.2) is 8.42 Å². The van der Waals surface area contributed by atoms with Gasteiger partial charge in [0.05, 0.1) is 22.7 Å². The lowest BCUT2D eigenvalue weighted by Gasteiger charge is -2.13. The smallest absolute Gasteiger partial charge is 0.261 e. The van der Waals surface area contributed by atoms with Crippen molar-refractivity contribution in [2.75, 3.05) is 25.0 Å². The third-order valence-electron chi connectivity index (χ3n) is 3.88. The summed E-state index contributed by atoms with van der Waals surface area (Å²) in [6, 6.07) is 13.8. The molecule has 1 heterocycles. The highest BCUT2D eigenvalue weighted by molar-refractivity contribution is 7.92. The number of aryl methyl sites for hydroxylation is 1. The summed E-state index contributed by atoms with van der Waals surface area (Å²) in [4.78, 5) is 4.44. The lowest BCUT2D eigenvalue weighted by Crippen LogP contribution is -2.14. The Morgan fingerprint density at radius 3 is 2.65 bits per heavy atom. The van der Waals surface area contributed by atoms with Crippen molar-refractivity contribution in [1.82, 2.24) is 4.98 Å². The van der Waals surface area contributed by atoms with Gasteiger partial charge < -0.3 is 9.47 Å². The van der Waals surface area contributed by atoms with Gasteiger partial charge in [-0.15, -0.1) is 0 Å². The molecule has 3 aromatic rings. The van der Waals surface area contributed by atoms with Crippen LogP contribution in [0.2, 0.25) is 0 Å². The molecule has 0 aliphatic carbocycles. The van der Waals surface area contributed by atoms with Gasteiger partial charge in [0.1, 0.15) is 12.4 Å². The van der Waals surface area contributed by atoms with Crippen LogP contribution in [0.4, 0.5) is 5.69 Å². The average Bonchev–Trinajstić information content (AvgIpc) is 2.63. The first kappa shape index (κ1) is 18.2. The number of fused-ring (bicyclic) bond motifs is 1. The summed E-state index contributed by atoms with van der Waals surface area (Å²) in [6.45, 7) is 2.68. The number of nitrogens with zero attached hydrogens (tertiary/aromatic N) is 1. The molecule has 1 aromatic heterocycles. The van der Waals surface area contributed by atoms with E-state index in [0.29, 0.717) is 30.2 Å². The lowest BCUT2D eigenvalue weighted by atomic mass is 10.2. The first-order chi connectivity index (χ1) is 12.5. The molecule has 0 atom stereocenters. The molecule has 0 aliphatic heterocycles. The minimum atomic E-state index is -3.74. The van der Waals surface area contributed by atoms with Crippen LogP contribution < -0.4 is 9.46 Å². The third-order valence-corrected chi connectivity index (χ3v) is 5.24. The van der Waals surface area contributed by atoms with E-state index in [9.17, 15) is 8.42 Å². The summed E-state index contributed by atoms with van der Waals surface area (Å²) in [6.07, 6.45) is 1.64. The minimum Gasteiger partial charge on any atom is -0.491 e. The summed E-state index contributed by atoms with van der Waals surface area (Å²) in [7, 11) is -2.14. The molecular formula is C19H20N2O4S. The average molecular weight is 372 g/mol. The van der Waals surface area contributed by atoms with Crippen LogP contribution >= 0.6 is 0 Å². The number of methoxy groups -OCH3 is 1. The Bertz CT molecular complexity index is 1010. The van der Waals surface area contributed by atoms with Gasteiger partial charge in [0.15, 0.2) is 0 Å². The largest absolute Gasteiger partial charge is 0.491 e. The highest BCUT2D eigenvalue weighted by atomic mass is 32.2. The minimum absolute atomic E-state index is 0.169. The van der Waals surface area contributed by atoms with E-state index in [2.05, 4.69) is 9.71 Å². The number of para-hydroxylation sites is 1. The van der Waals surface area contributed by atoms with Crippen LogP contribution in [-0.4, -0.2) is 33.7 Å². The summed E-state index contributed by atoms with van der Waals surface area (Å²) < 4.78 is 38.7. The normalized spacial score (nSPS) is 11.5. The molecule has 7 heteroatoms. The van der Waals surface area contributed by atoms with Gasteiger partial charge in [-0.3, -0.25) is 9.71 Å². The predicted octanol–water partition coefficient (Wildman–Crippen LogP) is 3.37. The van der Waals surface area contributed by atoms with Gasteiger partial charge in [0.25, 0.3) is 10.0 Å². The summed E-state index contributed by atoms with van der Waals surface area (Å²) in [5.41, 5.74) is 1.79. The molecule has 0 bridgehead atoms. The van der Waals surface area contributed by atoms with Crippen LogP contribution in [0.1, 0.15) is 5.56 Å². The Hall–Kier alpha value is -2.64. The second kappa shape index (κ2) is 7.72. The Morgan fingerprint density at radius 1 is 1.08 bits per heavy atom. The van der Waals surface area contributed by atoms with Crippen LogP contribution in [-0.2, 0) is 14.8 Å². The van der Waals surface area contributed by atoms with Crippen molar-refractivity contribution in [3.63, 3.8) is 0 Å². The van der Waals surface area contributed by atoms with Crippen molar-refractivity contribution in [2.24, 2.45) is 0 Å². The maximum Gasteiger partial charge on any atom is 0.261 e. The molecule has 0 spiro atoms. The predicted molar refractivity (Wildman–Crippen MR) is 101 cm³/mol. The van der Waals surface area contributed by atoms with Crippen molar-refractivity contribution in [3.05, 3.63) is 60.3 Å². The number of rotatable bonds is 7. The van der Waals surface area contributed by atoms with Crippen LogP contribution in [0.15, 0.2) is 59.6 Å². The van der Waals surface area contributed by atoms with E-state index in [0.717, 1.165) is 10.9 Å². The van der Waals surface area contributed by atoms with Crippen LogP contribution in [0, 0.1) is 6.92 Å². The van der Waals surface area contributed by atoms with Crippen molar-refractivity contribution in [2.45, 2.75) is 11.8 Å². The van der Waals surface area contributed by atoms with Crippen LogP contribution in [0.5, 0.6) is 5.75 Å². The number of anilines is 1. The number of pyridine rings is 1. The van der Waals surface area contributed by atoms with Crippen molar-refractivity contribution < 1.29 is 17.9 Å². The Kier molecular flexibility index (Phi) is 5.39. The van der Waals surface area contributed by atoms with Crippen LogP contribution in [0.25, 0.3) is 10.9 Å². The molecule has 0 fully saturated rings. The second-order valence-electron chi connectivity index (χ2n) is 5.75. The number of aromatic nitrogens is 1. The first-order valence-corrected chi connectivity index (χ1v) is 9.58. The fourth-order valence-corrected chi connectivity index (χ4v) is 3.73. The maximum absolute atomic E-state index is 12.8. The molecule has 0 amide bonds. The zero-order valence-corrected chi connectivity index (χ0v) is 15.4. The molecule has 0 radical (unpaired) electrons. The van der Waals surface area contributed by atoms with Gasteiger partial charge in [0, 0.05) is 18.7 Å². The van der Waals surface area contributed by atoms with E-state index in [1.807, 2.05) is 18.2 Å². The van der Waals surface area contributed by atoms with Crippen molar-refractivity contribution in [3.8, 4) is 5.75 Å². The molecule has 0 aliphatic rings. The highest BCUT2D eigenvalue weighted by Crippen LogP contribution is 2.26. The Morgan fingerprint density at radius 2 is 1.88 bits per heavy atom. The highest BCUT2D eigenvalue weighted by Gasteiger charge is 2.17. The molecule has 0 saturated heterocycles. The monoisotopic (exact) mass is 372 g/mol. The van der Waals surface area contributed by atoms with Crippen molar-refractivity contribution in [1.29, 1.82) is 0 Å². The van der Waals surface area contributed by atoms with Crippen LogP contribution in [0.3, 0.4) is 0 Å². The SMILES string of the molecule is COCCOc1ccc(S(=O)(=O)Nc2cccc3cccnc23)cc1C. The summed E-state index contributed by atoms with van der Waals surface area (Å²) >= 11 is 0. The number of sulfonamides is 1. The quantitative estimate of drug-likeness (QED) is 0.644. The number of hydrogen-bond donors (Lipinski definition) is 1. The molecule has 0 unspecified atom stereocenters. The molecule has 6 nitrogen and oxygen atoms in total. The number of ether oxygens (including phenoxy) is 2. The fraction of sp³-hybridized carbons (Fsp3) is 0.211. The Balaban J connectivity index is 1.87. The van der Waals surface area contributed by atoms with Crippen molar-refractivity contribution >= 4 is 26.6 Å². The zero-order valence-electron chi connectivity index (χ0n) is 14.6. The van der Waals surface area contributed by atoms with Gasteiger partial charge in [0.2, 0.25) is 0 Å². The molecular weight excluding hydrogens is 352 g/mol. The molecule has 2 aromatic carbocycles. The second-order valence-corrected chi connectivity index (χ2v) is 7.44. The number of hydrogen-bond acceptors (Lipinski definition) is 5. The Labute approximate surface area is 152 Å². The third kappa shape index (κ3) is 3.95. The maximum atomic E-state index is 12.8. The standard InChI is InChI=1S/C19H20N2O4S/c1-14-13-16(8-9-18(14)25-12-11-24-2)26(22,23)21-17-7-3-5-15-6-4-10-20-19(15)17/h3-10,13,21H,11-12H2,1-2H3. The summed E-state index contributed by atoms with van der Waals surface area (Å²) in [5, 5.41) is 0.866. The lowest BCUT2D eigenvalue weighted by molar-refractivity contribution is 0.146. The van der Waals surface area contributed by atoms with E-state index in [1.165, 1.54) is 6.07 Å². The van der Waals surface area contributed by atoms with Gasteiger partial charge in [-0.05, 0) is 42.8 Å². The van der Waals surface area contributed by atoms with Gasteiger partial charge in [-0.2, -0.15) is 0 Å². The van der Waals surface area contributed by atoms with Gasteiger partial charge in [-0.1, -0.05) is 18.2 Å². The van der Waals surface area contributed by atoms with E-state index in [4.69, 9.17) is 9.47 Å². The molecule has 0 saturated carbocycles. The topological polar surface area (TPSA) is 77.5 Å². The zero-order chi connectivity index (χ0) is 18.6.